The van der Waals surface area contributed by atoms with Crippen molar-refractivity contribution in [2.45, 2.75) is 39.3 Å². The van der Waals surface area contributed by atoms with Gasteiger partial charge in [0.15, 0.2) is 5.96 Å². The van der Waals surface area contributed by atoms with Crippen LogP contribution in [0.3, 0.4) is 0 Å². The molecule has 0 amide bonds. The van der Waals surface area contributed by atoms with Crippen molar-refractivity contribution in [1.29, 1.82) is 0 Å². The molecule has 1 saturated heterocycles. The van der Waals surface area contributed by atoms with Crippen LogP contribution < -0.4 is 20.3 Å². The summed E-state index contributed by atoms with van der Waals surface area (Å²) >= 11 is 0. The number of alkyl halides is 2. The van der Waals surface area contributed by atoms with Crippen molar-refractivity contribution in [2.24, 2.45) is 4.99 Å². The van der Waals surface area contributed by atoms with E-state index in [4.69, 9.17) is 0 Å². The molecule has 0 bridgehead atoms. The molecule has 2 N–H and O–H groups in total. The minimum Gasteiger partial charge on any atom is -0.433 e. The molecule has 0 spiro atoms. The summed E-state index contributed by atoms with van der Waals surface area (Å²) in [5, 5.41) is 6.65. The maximum absolute atomic E-state index is 12.6. The Morgan fingerprint density at radius 3 is 2.80 bits per heavy atom. The van der Waals surface area contributed by atoms with E-state index in [0.717, 1.165) is 45.0 Å². The highest BCUT2D eigenvalue weighted by atomic mass is 127. The Morgan fingerprint density at radius 2 is 2.12 bits per heavy atom. The van der Waals surface area contributed by atoms with Gasteiger partial charge in [-0.2, -0.15) is 8.78 Å². The van der Waals surface area contributed by atoms with Gasteiger partial charge < -0.3 is 20.3 Å². The highest BCUT2D eigenvalue weighted by molar-refractivity contribution is 14.0. The summed E-state index contributed by atoms with van der Waals surface area (Å²) in [6.45, 7) is 4.39. The van der Waals surface area contributed by atoms with Crippen LogP contribution in [0.5, 0.6) is 5.75 Å². The quantitative estimate of drug-likeness (QED) is 0.366. The Kier molecular flexibility index (Phi) is 9.84. The second kappa shape index (κ2) is 11.3. The van der Waals surface area contributed by atoms with Crippen molar-refractivity contribution < 1.29 is 13.5 Å². The van der Waals surface area contributed by atoms with E-state index >= 15 is 0 Å². The van der Waals surface area contributed by atoms with Gasteiger partial charge in [0.1, 0.15) is 5.75 Å². The van der Waals surface area contributed by atoms with Crippen LogP contribution in [0.1, 0.15) is 26.7 Å². The smallest absolute Gasteiger partial charge is 0.387 e. The normalized spacial score (nSPS) is 17.4. The Bertz CT molecular complexity index is 545. The van der Waals surface area contributed by atoms with E-state index < -0.39 is 6.61 Å². The monoisotopic (exact) mass is 468 g/mol. The molecule has 1 atom stereocenters. The van der Waals surface area contributed by atoms with Crippen LogP contribution in [-0.2, 0) is 0 Å². The number of nitrogens with one attached hydrogen (secondary N) is 2. The SMILES string of the molecule is CCCN=C(NCC)NC1CCN(c2ccccc2OC(F)F)C1.I. The van der Waals surface area contributed by atoms with Gasteiger partial charge in [-0.05, 0) is 31.9 Å². The van der Waals surface area contributed by atoms with E-state index in [0.29, 0.717) is 5.69 Å². The molecule has 1 aliphatic heterocycles. The lowest BCUT2D eigenvalue weighted by Crippen LogP contribution is -2.44. The molecule has 8 heteroatoms. The lowest BCUT2D eigenvalue weighted by molar-refractivity contribution is -0.0495. The fourth-order valence-electron chi connectivity index (χ4n) is 2.75. The van der Waals surface area contributed by atoms with Crippen molar-refractivity contribution in [1.82, 2.24) is 10.6 Å². The molecule has 0 saturated carbocycles. The predicted molar refractivity (Wildman–Crippen MR) is 109 cm³/mol. The van der Waals surface area contributed by atoms with Gasteiger partial charge in [0, 0.05) is 32.2 Å². The number of aliphatic imine (C=N–C) groups is 1. The second-order valence-electron chi connectivity index (χ2n) is 5.68. The molecule has 1 aromatic rings. The van der Waals surface area contributed by atoms with Gasteiger partial charge in [-0.25, -0.2) is 0 Å². The summed E-state index contributed by atoms with van der Waals surface area (Å²) in [6, 6.07) is 7.15. The zero-order valence-electron chi connectivity index (χ0n) is 14.7. The summed E-state index contributed by atoms with van der Waals surface area (Å²) < 4.78 is 29.8. The molecular weight excluding hydrogens is 441 g/mol. The molecule has 1 aromatic carbocycles. The minimum atomic E-state index is -2.82. The number of anilines is 1. The van der Waals surface area contributed by atoms with E-state index in [-0.39, 0.29) is 35.8 Å². The topological polar surface area (TPSA) is 48.9 Å². The molecule has 1 unspecified atom stereocenters. The first-order valence-electron chi connectivity index (χ1n) is 8.47. The molecule has 2 rings (SSSR count). The summed E-state index contributed by atoms with van der Waals surface area (Å²) in [7, 11) is 0. The first kappa shape index (κ1) is 21.7. The standard InChI is InChI=1S/C17H26F2N4O.HI/c1-3-10-21-17(20-4-2)22-13-9-11-23(12-13)14-7-5-6-8-15(14)24-16(18)19;/h5-8,13,16H,3-4,9-12H2,1-2H3,(H2,20,21,22);1H. The average Bonchev–Trinajstić information content (AvgIpc) is 3.01. The number of rotatable bonds is 7. The van der Waals surface area contributed by atoms with Crippen LogP contribution in [0.15, 0.2) is 29.3 Å². The van der Waals surface area contributed by atoms with Crippen LogP contribution in [-0.4, -0.2) is 44.8 Å². The number of ether oxygens (including phenoxy) is 1. The van der Waals surface area contributed by atoms with Gasteiger partial charge in [0.2, 0.25) is 0 Å². The van der Waals surface area contributed by atoms with E-state index in [1.54, 1.807) is 12.1 Å². The Morgan fingerprint density at radius 1 is 1.36 bits per heavy atom. The summed E-state index contributed by atoms with van der Waals surface area (Å²) in [5.74, 6) is 1.03. The Labute approximate surface area is 165 Å². The number of guanidine groups is 1. The first-order valence-corrected chi connectivity index (χ1v) is 8.47. The highest BCUT2D eigenvalue weighted by Crippen LogP contribution is 2.31. The van der Waals surface area contributed by atoms with Crippen molar-refractivity contribution in [3.8, 4) is 5.75 Å². The van der Waals surface area contributed by atoms with Gasteiger partial charge in [0.05, 0.1) is 5.69 Å². The van der Waals surface area contributed by atoms with Crippen LogP contribution in [0.25, 0.3) is 0 Å². The highest BCUT2D eigenvalue weighted by Gasteiger charge is 2.25. The van der Waals surface area contributed by atoms with Gasteiger partial charge in [-0.3, -0.25) is 4.99 Å². The lowest BCUT2D eigenvalue weighted by Gasteiger charge is -2.22. The zero-order valence-corrected chi connectivity index (χ0v) is 17.0. The number of benzene rings is 1. The molecule has 0 aliphatic carbocycles. The van der Waals surface area contributed by atoms with Gasteiger partial charge in [-0.1, -0.05) is 19.1 Å². The van der Waals surface area contributed by atoms with Crippen molar-refractivity contribution in [3.63, 3.8) is 0 Å². The molecule has 1 heterocycles. The summed E-state index contributed by atoms with van der Waals surface area (Å²) in [4.78, 5) is 6.57. The molecule has 5 nitrogen and oxygen atoms in total. The maximum Gasteiger partial charge on any atom is 0.387 e. The lowest BCUT2D eigenvalue weighted by atomic mass is 10.2. The van der Waals surface area contributed by atoms with Crippen molar-refractivity contribution >= 4 is 35.6 Å². The van der Waals surface area contributed by atoms with Crippen LogP contribution in [0.2, 0.25) is 0 Å². The van der Waals surface area contributed by atoms with Crippen molar-refractivity contribution in [2.75, 3.05) is 31.1 Å². The minimum absolute atomic E-state index is 0. The number of hydrogen-bond donors (Lipinski definition) is 2. The van der Waals surface area contributed by atoms with Crippen LogP contribution >= 0.6 is 24.0 Å². The fourth-order valence-corrected chi connectivity index (χ4v) is 2.75. The van der Waals surface area contributed by atoms with Gasteiger partial charge >= 0.3 is 6.61 Å². The van der Waals surface area contributed by atoms with E-state index in [2.05, 4.69) is 32.2 Å². The van der Waals surface area contributed by atoms with Gasteiger partial charge in [-0.15, -0.1) is 24.0 Å². The average molecular weight is 468 g/mol. The maximum atomic E-state index is 12.6. The van der Waals surface area contributed by atoms with E-state index in [1.807, 2.05) is 19.1 Å². The summed E-state index contributed by atoms with van der Waals surface area (Å²) in [6.07, 6.45) is 1.91. The van der Waals surface area contributed by atoms with Crippen LogP contribution in [0.4, 0.5) is 14.5 Å². The Hall–Kier alpha value is -1.32. The molecule has 1 fully saturated rings. The molecule has 1 aliphatic rings. The third-order valence-corrected chi connectivity index (χ3v) is 3.79. The van der Waals surface area contributed by atoms with Crippen LogP contribution in [0, 0.1) is 0 Å². The molecule has 0 radical (unpaired) electrons. The zero-order chi connectivity index (χ0) is 17.4. The largest absolute Gasteiger partial charge is 0.433 e. The number of nitrogens with zero attached hydrogens (tertiary/aromatic N) is 2. The number of para-hydroxylation sites is 2. The molecular formula is C17H27F2IN4O. The number of halogens is 3. The van der Waals surface area contributed by atoms with E-state index in [9.17, 15) is 8.78 Å². The predicted octanol–water partition coefficient (Wildman–Crippen LogP) is 3.45. The van der Waals surface area contributed by atoms with Gasteiger partial charge in [0.25, 0.3) is 0 Å². The fraction of sp³-hybridized carbons (Fsp3) is 0.588. The number of hydrogen-bond acceptors (Lipinski definition) is 3. The second-order valence-corrected chi connectivity index (χ2v) is 5.68. The Balaban J connectivity index is 0.00000312. The third kappa shape index (κ3) is 6.83. The third-order valence-electron chi connectivity index (χ3n) is 3.79. The summed E-state index contributed by atoms with van der Waals surface area (Å²) in [5.41, 5.74) is 0.706. The molecule has 142 valence electrons. The molecule has 0 aromatic heterocycles. The molecule has 25 heavy (non-hydrogen) atoms. The van der Waals surface area contributed by atoms with Crippen molar-refractivity contribution in [3.05, 3.63) is 24.3 Å². The van der Waals surface area contributed by atoms with E-state index in [1.165, 1.54) is 0 Å². The first-order chi connectivity index (χ1) is 11.6.